The molecule has 0 spiro atoms. The summed E-state index contributed by atoms with van der Waals surface area (Å²) >= 11 is 0. The number of halogens is 8. The first-order valence-corrected chi connectivity index (χ1v) is 10.8. The molecule has 38 heavy (non-hydrogen) atoms. The van der Waals surface area contributed by atoms with E-state index in [1.54, 1.807) is 12.1 Å². The molecular formula is C26H18F8O4. The molecule has 3 rings (SSSR count). The lowest BCUT2D eigenvalue weighted by Gasteiger charge is -2.21. The zero-order valence-electron chi connectivity index (χ0n) is 19.2. The van der Waals surface area contributed by atoms with Crippen LogP contribution < -0.4 is 0 Å². The fraction of sp³-hybridized carbons (Fsp3) is 0.231. The Balaban J connectivity index is 2.17. The highest BCUT2D eigenvalue weighted by Gasteiger charge is 2.43. The molecule has 0 unspecified atom stereocenters. The van der Waals surface area contributed by atoms with E-state index < -0.39 is 61.0 Å². The Morgan fingerprint density at radius 3 is 1.18 bits per heavy atom. The van der Waals surface area contributed by atoms with Gasteiger partial charge in [0.2, 0.25) is 0 Å². The molecule has 3 aromatic carbocycles. The summed E-state index contributed by atoms with van der Waals surface area (Å²) in [5, 5.41) is 0. The fourth-order valence-electron chi connectivity index (χ4n) is 3.36. The average molecular weight is 546 g/mol. The van der Waals surface area contributed by atoms with Gasteiger partial charge < -0.3 is 9.47 Å². The predicted octanol–water partition coefficient (Wildman–Crippen LogP) is 7.14. The molecule has 0 saturated carbocycles. The minimum Gasteiger partial charge on any atom is -0.455 e. The summed E-state index contributed by atoms with van der Waals surface area (Å²) in [6, 6.07) is 17.0. The number of alkyl halides is 8. The maximum absolute atomic E-state index is 13.4. The van der Waals surface area contributed by atoms with Crippen LogP contribution in [0.2, 0.25) is 0 Å². The Hall–Kier alpha value is -3.96. The van der Waals surface area contributed by atoms with Gasteiger partial charge in [0.05, 0.1) is 11.1 Å². The average Bonchev–Trinajstić information content (AvgIpc) is 2.90. The van der Waals surface area contributed by atoms with Gasteiger partial charge in [-0.05, 0) is 23.3 Å². The normalized spacial score (nSPS) is 12.1. The van der Waals surface area contributed by atoms with Crippen LogP contribution in [0, 0.1) is 0 Å². The first kappa shape index (κ1) is 28.6. The quantitative estimate of drug-likeness (QED) is 0.201. The monoisotopic (exact) mass is 546 g/mol. The lowest BCUT2D eigenvalue weighted by molar-refractivity contribution is -0.155. The topological polar surface area (TPSA) is 52.6 Å². The van der Waals surface area contributed by atoms with E-state index in [9.17, 15) is 44.7 Å². The lowest BCUT2D eigenvalue weighted by atomic mass is 9.87. The van der Waals surface area contributed by atoms with E-state index in [0.717, 1.165) is 12.1 Å². The molecule has 0 aliphatic heterocycles. The molecule has 4 nitrogen and oxygen atoms in total. The molecule has 0 amide bonds. The van der Waals surface area contributed by atoms with Crippen LogP contribution in [0.1, 0.15) is 20.7 Å². The Morgan fingerprint density at radius 1 is 0.579 bits per heavy atom. The summed E-state index contributed by atoms with van der Waals surface area (Å²) in [4.78, 5) is 25.6. The van der Waals surface area contributed by atoms with Crippen LogP contribution in [0.15, 0.2) is 72.8 Å². The van der Waals surface area contributed by atoms with Crippen LogP contribution >= 0.6 is 0 Å². The van der Waals surface area contributed by atoms with Gasteiger partial charge in [-0.3, -0.25) is 0 Å². The standard InChI is InChI=1S/C26H18F8O4/c27-23(28)25(31,32)13-37-21(35)17-11-12-18(22(36)38-14-26(33,34)24(29)30)20(16-9-5-2-6-10-16)19(17)15-7-3-1-4-8-15/h1-12,23-24H,13-14H2. The van der Waals surface area contributed by atoms with Crippen LogP contribution in [-0.2, 0) is 9.47 Å². The van der Waals surface area contributed by atoms with Crippen molar-refractivity contribution in [2.45, 2.75) is 24.7 Å². The second-order valence-electron chi connectivity index (χ2n) is 7.92. The predicted molar refractivity (Wildman–Crippen MR) is 120 cm³/mol. The number of carbonyl (C=O) groups excluding carboxylic acids is 2. The largest absolute Gasteiger partial charge is 0.455 e. The van der Waals surface area contributed by atoms with Crippen molar-refractivity contribution in [3.8, 4) is 22.3 Å². The van der Waals surface area contributed by atoms with Gasteiger partial charge in [0.15, 0.2) is 13.2 Å². The Labute approximate surface area is 210 Å². The van der Waals surface area contributed by atoms with Gasteiger partial charge >= 0.3 is 36.6 Å². The van der Waals surface area contributed by atoms with E-state index in [1.165, 1.54) is 48.5 Å². The van der Waals surface area contributed by atoms with Gasteiger partial charge in [0.25, 0.3) is 0 Å². The molecule has 202 valence electrons. The third kappa shape index (κ3) is 6.48. The van der Waals surface area contributed by atoms with Crippen LogP contribution in [0.25, 0.3) is 22.3 Å². The Morgan fingerprint density at radius 2 is 0.895 bits per heavy atom. The molecule has 0 radical (unpaired) electrons. The first-order chi connectivity index (χ1) is 17.8. The summed E-state index contributed by atoms with van der Waals surface area (Å²) in [7, 11) is 0. The summed E-state index contributed by atoms with van der Waals surface area (Å²) in [5.41, 5.74) is -0.586. The van der Waals surface area contributed by atoms with Crippen molar-refractivity contribution in [3.63, 3.8) is 0 Å². The van der Waals surface area contributed by atoms with Crippen LogP contribution in [0.4, 0.5) is 35.1 Å². The highest BCUT2D eigenvalue weighted by Crippen LogP contribution is 2.39. The second-order valence-corrected chi connectivity index (χ2v) is 7.92. The van der Waals surface area contributed by atoms with Gasteiger partial charge in [-0.2, -0.15) is 17.6 Å². The van der Waals surface area contributed by atoms with Crippen molar-refractivity contribution in [2.24, 2.45) is 0 Å². The molecule has 12 heteroatoms. The highest BCUT2D eigenvalue weighted by molar-refractivity contribution is 6.08. The van der Waals surface area contributed by atoms with Gasteiger partial charge in [0.1, 0.15) is 0 Å². The van der Waals surface area contributed by atoms with E-state index in [4.69, 9.17) is 0 Å². The van der Waals surface area contributed by atoms with Gasteiger partial charge in [-0.15, -0.1) is 0 Å². The summed E-state index contributed by atoms with van der Waals surface area (Å²) in [6.45, 7) is -3.88. The molecule has 0 aliphatic rings. The van der Waals surface area contributed by atoms with Crippen LogP contribution in [-0.4, -0.2) is 49.8 Å². The number of benzene rings is 3. The maximum atomic E-state index is 13.4. The molecule has 3 aromatic rings. The van der Waals surface area contributed by atoms with Gasteiger partial charge in [0, 0.05) is 11.1 Å². The molecule has 0 saturated heterocycles. The third-order valence-corrected chi connectivity index (χ3v) is 5.20. The molecule has 0 N–H and O–H groups in total. The summed E-state index contributed by atoms with van der Waals surface area (Å²) < 4.78 is 113. The molecule has 0 bridgehead atoms. The van der Waals surface area contributed by atoms with E-state index in [1.807, 2.05) is 0 Å². The summed E-state index contributed by atoms with van der Waals surface area (Å²) in [6.07, 6.45) is -8.21. The van der Waals surface area contributed by atoms with Gasteiger partial charge in [-0.1, -0.05) is 60.7 Å². The first-order valence-electron chi connectivity index (χ1n) is 10.8. The number of carbonyl (C=O) groups is 2. The van der Waals surface area contributed by atoms with E-state index in [2.05, 4.69) is 9.47 Å². The lowest BCUT2D eigenvalue weighted by Crippen LogP contribution is -2.34. The number of rotatable bonds is 10. The number of hydrogen-bond donors (Lipinski definition) is 0. The van der Waals surface area contributed by atoms with Crippen molar-refractivity contribution >= 4 is 11.9 Å². The molecule has 0 atom stereocenters. The SMILES string of the molecule is O=C(OCC(F)(F)C(F)F)c1ccc(C(=O)OCC(F)(F)C(F)F)c(-c2ccccc2)c1-c1ccccc1. The maximum Gasteiger partial charge on any atom is 0.340 e. The Kier molecular flexibility index (Phi) is 8.74. The molecule has 0 heterocycles. The molecule has 0 fully saturated rings. The van der Waals surface area contributed by atoms with E-state index in [0.29, 0.717) is 0 Å². The third-order valence-electron chi connectivity index (χ3n) is 5.20. The molecule has 0 aromatic heterocycles. The van der Waals surface area contributed by atoms with Crippen molar-refractivity contribution in [1.29, 1.82) is 0 Å². The zero-order valence-corrected chi connectivity index (χ0v) is 19.2. The van der Waals surface area contributed by atoms with Gasteiger partial charge in [-0.25, -0.2) is 27.2 Å². The Bertz CT molecular complexity index is 1170. The molecular weight excluding hydrogens is 528 g/mol. The van der Waals surface area contributed by atoms with Crippen molar-refractivity contribution in [1.82, 2.24) is 0 Å². The highest BCUT2D eigenvalue weighted by atomic mass is 19.3. The van der Waals surface area contributed by atoms with E-state index >= 15 is 0 Å². The fourth-order valence-corrected chi connectivity index (χ4v) is 3.36. The van der Waals surface area contributed by atoms with Crippen molar-refractivity contribution in [3.05, 3.63) is 83.9 Å². The number of esters is 2. The van der Waals surface area contributed by atoms with Crippen LogP contribution in [0.5, 0.6) is 0 Å². The smallest absolute Gasteiger partial charge is 0.340 e. The minimum absolute atomic E-state index is 0.0998. The van der Waals surface area contributed by atoms with Crippen LogP contribution in [0.3, 0.4) is 0 Å². The van der Waals surface area contributed by atoms with Crippen molar-refractivity contribution < 1.29 is 54.2 Å². The summed E-state index contributed by atoms with van der Waals surface area (Å²) in [5.74, 6) is -12.1. The van der Waals surface area contributed by atoms with Crippen molar-refractivity contribution in [2.75, 3.05) is 13.2 Å². The molecule has 0 aliphatic carbocycles. The number of hydrogen-bond acceptors (Lipinski definition) is 4. The zero-order chi connectivity index (χ0) is 28.1. The second kappa shape index (κ2) is 11.6. The van der Waals surface area contributed by atoms with E-state index in [-0.39, 0.29) is 22.3 Å². The minimum atomic E-state index is -4.63. The number of ether oxygens (including phenoxy) is 2.